The summed E-state index contributed by atoms with van der Waals surface area (Å²) in [5.74, 6) is 9.03. The number of rotatable bonds is 0. The Balaban J connectivity index is 1.61. The maximum Gasteiger partial charge on any atom is -0.0163 e. The van der Waals surface area contributed by atoms with Crippen LogP contribution in [-0.4, -0.2) is 0 Å². The average molecular weight is 228 g/mol. The number of hydrogen-bond acceptors (Lipinski definition) is 0. The van der Waals surface area contributed by atoms with E-state index in [1.807, 2.05) is 11.1 Å². The Morgan fingerprint density at radius 2 is 1.24 bits per heavy atom. The van der Waals surface area contributed by atoms with E-state index in [4.69, 9.17) is 0 Å². The highest BCUT2D eigenvalue weighted by Crippen LogP contribution is 2.73. The van der Waals surface area contributed by atoms with Crippen molar-refractivity contribution in [2.24, 2.45) is 47.3 Å². The second kappa shape index (κ2) is 2.83. The summed E-state index contributed by atoms with van der Waals surface area (Å²) in [4.78, 5) is 0. The van der Waals surface area contributed by atoms with Gasteiger partial charge in [-0.15, -0.1) is 0 Å². The second-order valence-electron chi connectivity index (χ2n) is 7.79. The largest absolute Gasteiger partial charge is 0.0707 e. The highest BCUT2D eigenvalue weighted by molar-refractivity contribution is 5.33. The van der Waals surface area contributed by atoms with Crippen molar-refractivity contribution in [3.05, 3.63) is 11.1 Å². The molecule has 0 aromatic carbocycles. The van der Waals surface area contributed by atoms with E-state index in [0.717, 1.165) is 35.5 Å². The summed E-state index contributed by atoms with van der Waals surface area (Å²) >= 11 is 0. The highest BCUT2D eigenvalue weighted by atomic mass is 14.7. The van der Waals surface area contributed by atoms with Gasteiger partial charge in [-0.05, 0) is 86.9 Å². The standard InChI is InChI=1S/C17H24/c1-8-9(2)13-6-12(8)16-14-7-15(17(13)16)11-5-3-4-10(11)14/h10-17H,3-7H2,1-2H3. The predicted molar refractivity (Wildman–Crippen MR) is 69.4 cm³/mol. The third-order valence-corrected chi connectivity index (χ3v) is 7.87. The Hall–Kier alpha value is -0.260. The average Bonchev–Trinajstić information content (AvgIpc) is 3.02. The van der Waals surface area contributed by atoms with Gasteiger partial charge in [0.25, 0.3) is 0 Å². The van der Waals surface area contributed by atoms with Crippen molar-refractivity contribution in [2.45, 2.75) is 46.0 Å². The third kappa shape index (κ3) is 0.891. The van der Waals surface area contributed by atoms with Gasteiger partial charge in [-0.25, -0.2) is 0 Å². The molecule has 8 atom stereocenters. The van der Waals surface area contributed by atoms with Gasteiger partial charge in [0.1, 0.15) is 0 Å². The molecular weight excluding hydrogens is 204 g/mol. The lowest BCUT2D eigenvalue weighted by Gasteiger charge is -2.41. The molecule has 4 saturated carbocycles. The molecule has 17 heavy (non-hydrogen) atoms. The summed E-state index contributed by atoms with van der Waals surface area (Å²) in [5.41, 5.74) is 3.64. The van der Waals surface area contributed by atoms with Gasteiger partial charge in [0.05, 0.1) is 0 Å². The van der Waals surface area contributed by atoms with Crippen molar-refractivity contribution in [3.8, 4) is 0 Å². The molecule has 0 aromatic rings. The van der Waals surface area contributed by atoms with E-state index in [1.165, 1.54) is 11.8 Å². The van der Waals surface area contributed by atoms with Gasteiger partial charge < -0.3 is 0 Å². The van der Waals surface area contributed by atoms with Crippen molar-refractivity contribution < 1.29 is 0 Å². The van der Waals surface area contributed by atoms with Crippen molar-refractivity contribution in [3.63, 3.8) is 0 Å². The van der Waals surface area contributed by atoms with Gasteiger partial charge in [-0.2, -0.15) is 0 Å². The molecule has 0 aliphatic heterocycles. The molecule has 0 spiro atoms. The maximum absolute atomic E-state index is 2.45. The molecule has 0 radical (unpaired) electrons. The predicted octanol–water partition coefficient (Wildman–Crippen LogP) is 4.27. The monoisotopic (exact) mass is 228 g/mol. The Morgan fingerprint density at radius 3 is 1.76 bits per heavy atom. The smallest absolute Gasteiger partial charge is 0.0163 e. The fourth-order valence-electron chi connectivity index (χ4n) is 7.44. The second-order valence-corrected chi connectivity index (χ2v) is 7.79. The molecule has 4 bridgehead atoms. The first-order chi connectivity index (χ1) is 8.27. The van der Waals surface area contributed by atoms with Crippen LogP contribution in [0.3, 0.4) is 0 Å². The van der Waals surface area contributed by atoms with Gasteiger partial charge in [-0.3, -0.25) is 0 Å². The summed E-state index contributed by atoms with van der Waals surface area (Å²) in [6.45, 7) is 4.91. The van der Waals surface area contributed by atoms with Crippen LogP contribution in [-0.2, 0) is 0 Å². The maximum atomic E-state index is 2.45. The fourth-order valence-corrected chi connectivity index (χ4v) is 7.44. The lowest BCUT2D eigenvalue weighted by atomic mass is 9.63. The molecule has 0 nitrogen and oxygen atoms in total. The number of hydrogen-bond donors (Lipinski definition) is 0. The van der Waals surface area contributed by atoms with E-state index in [2.05, 4.69) is 13.8 Å². The van der Waals surface area contributed by atoms with Gasteiger partial charge in [0, 0.05) is 0 Å². The van der Waals surface area contributed by atoms with Crippen LogP contribution in [0, 0.1) is 47.3 Å². The van der Waals surface area contributed by atoms with E-state index in [0.29, 0.717) is 0 Å². The molecule has 0 aromatic heterocycles. The van der Waals surface area contributed by atoms with Crippen LogP contribution < -0.4 is 0 Å². The van der Waals surface area contributed by atoms with Crippen LogP contribution in [0.25, 0.3) is 0 Å². The molecule has 5 aliphatic carbocycles. The van der Waals surface area contributed by atoms with E-state index in [1.54, 1.807) is 32.1 Å². The first-order valence-corrected chi connectivity index (χ1v) is 7.94. The zero-order valence-corrected chi connectivity index (χ0v) is 11.2. The van der Waals surface area contributed by atoms with E-state index < -0.39 is 0 Å². The van der Waals surface area contributed by atoms with Crippen molar-refractivity contribution in [1.29, 1.82) is 0 Å². The molecule has 0 amide bonds. The minimum Gasteiger partial charge on any atom is -0.0707 e. The lowest BCUT2D eigenvalue weighted by molar-refractivity contribution is 0.102. The summed E-state index contributed by atoms with van der Waals surface area (Å²) < 4.78 is 0. The lowest BCUT2D eigenvalue weighted by Crippen LogP contribution is -2.36. The van der Waals surface area contributed by atoms with E-state index in [9.17, 15) is 0 Å². The van der Waals surface area contributed by atoms with Crippen LogP contribution >= 0.6 is 0 Å². The molecule has 4 fully saturated rings. The quantitative estimate of drug-likeness (QED) is 0.429. The van der Waals surface area contributed by atoms with Crippen LogP contribution in [0.2, 0.25) is 0 Å². The zero-order valence-electron chi connectivity index (χ0n) is 11.2. The molecular formula is C17H24. The van der Waals surface area contributed by atoms with Crippen molar-refractivity contribution in [2.75, 3.05) is 0 Å². The van der Waals surface area contributed by atoms with E-state index >= 15 is 0 Å². The minimum absolute atomic E-state index is 1.03. The summed E-state index contributed by atoms with van der Waals surface area (Å²) in [6.07, 6.45) is 7.93. The van der Waals surface area contributed by atoms with Crippen LogP contribution in [0.15, 0.2) is 11.1 Å². The van der Waals surface area contributed by atoms with Crippen molar-refractivity contribution in [1.82, 2.24) is 0 Å². The zero-order chi connectivity index (χ0) is 11.3. The normalized spacial score (nSPS) is 62.5. The number of fused-ring (bicyclic) bond motifs is 12. The van der Waals surface area contributed by atoms with Crippen molar-refractivity contribution >= 4 is 0 Å². The Bertz CT molecular complexity index is 382. The molecule has 5 aliphatic rings. The first kappa shape index (κ1) is 9.64. The SMILES string of the molecule is CC1=C(C)C2CC1C1C3CC(C4CCCC43)C21. The summed E-state index contributed by atoms with van der Waals surface area (Å²) in [6, 6.07) is 0. The Morgan fingerprint density at radius 1 is 0.706 bits per heavy atom. The van der Waals surface area contributed by atoms with E-state index in [-0.39, 0.29) is 0 Å². The molecule has 5 rings (SSSR count). The molecule has 0 N–H and O–H groups in total. The van der Waals surface area contributed by atoms with Gasteiger partial charge >= 0.3 is 0 Å². The molecule has 0 heterocycles. The topological polar surface area (TPSA) is 0 Å². The number of allylic oxidation sites excluding steroid dienone is 2. The molecule has 0 heteroatoms. The molecule has 92 valence electrons. The Kier molecular flexibility index (Phi) is 1.61. The summed E-state index contributed by atoms with van der Waals surface area (Å²) in [5, 5.41) is 0. The molecule has 8 unspecified atom stereocenters. The van der Waals surface area contributed by atoms with Crippen LogP contribution in [0.1, 0.15) is 46.0 Å². The third-order valence-electron chi connectivity index (χ3n) is 7.87. The van der Waals surface area contributed by atoms with Gasteiger partial charge in [-0.1, -0.05) is 17.6 Å². The van der Waals surface area contributed by atoms with Gasteiger partial charge in [0.2, 0.25) is 0 Å². The fraction of sp³-hybridized carbons (Fsp3) is 0.882. The van der Waals surface area contributed by atoms with Crippen LogP contribution in [0.5, 0.6) is 0 Å². The van der Waals surface area contributed by atoms with Crippen LogP contribution in [0.4, 0.5) is 0 Å². The molecule has 0 saturated heterocycles. The first-order valence-electron chi connectivity index (χ1n) is 7.94. The van der Waals surface area contributed by atoms with Gasteiger partial charge in [0.15, 0.2) is 0 Å². The summed E-state index contributed by atoms with van der Waals surface area (Å²) in [7, 11) is 0. The minimum atomic E-state index is 1.03. The Labute approximate surface area is 105 Å². The highest BCUT2D eigenvalue weighted by Gasteiger charge is 2.66.